The number of carbonyl (C=O) groups is 3. The van der Waals surface area contributed by atoms with Crippen molar-refractivity contribution in [2.45, 2.75) is 50.8 Å². The number of likely N-dealkylation sites (tertiary alicyclic amines) is 1. The number of aliphatic imine (C=N–C) groups is 1. The van der Waals surface area contributed by atoms with Crippen LogP contribution in [-0.2, 0) is 9.59 Å². The molecule has 2 heterocycles. The Morgan fingerprint density at radius 1 is 1.25 bits per heavy atom. The highest BCUT2D eigenvalue weighted by Gasteiger charge is 2.33. The molecule has 0 aliphatic carbocycles. The Bertz CT molecular complexity index is 787. The summed E-state index contributed by atoms with van der Waals surface area (Å²) < 4.78 is 0. The van der Waals surface area contributed by atoms with E-state index in [0.717, 1.165) is 31.1 Å². The number of amidine groups is 1. The Hall–Kier alpha value is -2.35. The first-order valence-electron chi connectivity index (χ1n) is 9.67. The van der Waals surface area contributed by atoms with Gasteiger partial charge in [0, 0.05) is 36.8 Å². The van der Waals surface area contributed by atoms with Gasteiger partial charge >= 0.3 is 0 Å². The van der Waals surface area contributed by atoms with Crippen LogP contribution in [0.5, 0.6) is 0 Å². The summed E-state index contributed by atoms with van der Waals surface area (Å²) >= 11 is 1.38. The molecule has 1 atom stereocenters. The van der Waals surface area contributed by atoms with E-state index < -0.39 is 5.25 Å². The molecular weight excluding hydrogens is 376 g/mol. The molecule has 1 aromatic rings. The average molecular weight is 403 g/mol. The number of benzene rings is 1. The Balaban J connectivity index is 1.55. The minimum atomic E-state index is -0.482. The normalized spacial score (nSPS) is 19.5. The molecule has 7 nitrogen and oxygen atoms in total. The lowest BCUT2D eigenvalue weighted by Gasteiger charge is -2.27. The van der Waals surface area contributed by atoms with E-state index in [1.54, 1.807) is 24.3 Å². The zero-order chi connectivity index (χ0) is 20.1. The first-order valence-corrected chi connectivity index (χ1v) is 10.6. The van der Waals surface area contributed by atoms with Crippen LogP contribution >= 0.6 is 11.8 Å². The third-order valence-corrected chi connectivity index (χ3v) is 5.77. The molecule has 0 spiro atoms. The molecule has 2 aliphatic rings. The van der Waals surface area contributed by atoms with Gasteiger partial charge in [-0.25, -0.2) is 0 Å². The molecule has 0 radical (unpaired) electrons. The predicted molar refractivity (Wildman–Crippen MR) is 112 cm³/mol. The number of hydrogen-bond donors (Lipinski definition) is 2. The fraction of sp³-hybridized carbons (Fsp3) is 0.500. The number of nitrogens with zero attached hydrogens (tertiary/aromatic N) is 2. The van der Waals surface area contributed by atoms with Crippen LogP contribution in [0.25, 0.3) is 0 Å². The SMILES string of the molecule is CC(C)NC(=O)c1cccc(NC(=O)C[C@@H]2SC(N3CCCCC3)=NC2=O)c1. The number of rotatable bonds is 5. The van der Waals surface area contributed by atoms with Gasteiger partial charge in [-0.15, -0.1) is 0 Å². The molecule has 3 rings (SSSR count). The summed E-state index contributed by atoms with van der Waals surface area (Å²) in [5.74, 6) is -0.694. The van der Waals surface area contributed by atoms with Gasteiger partial charge in [-0.3, -0.25) is 14.4 Å². The maximum atomic E-state index is 12.4. The molecule has 28 heavy (non-hydrogen) atoms. The molecule has 150 valence electrons. The lowest BCUT2D eigenvalue weighted by molar-refractivity contribution is -0.121. The minimum absolute atomic E-state index is 0.0326. The summed E-state index contributed by atoms with van der Waals surface area (Å²) in [7, 11) is 0. The topological polar surface area (TPSA) is 90.9 Å². The summed E-state index contributed by atoms with van der Waals surface area (Å²) in [6, 6.07) is 6.81. The third-order valence-electron chi connectivity index (χ3n) is 4.55. The Kier molecular flexibility index (Phi) is 6.72. The van der Waals surface area contributed by atoms with Gasteiger partial charge in [-0.05, 0) is 51.3 Å². The van der Waals surface area contributed by atoms with Gasteiger partial charge in [0.15, 0.2) is 5.17 Å². The van der Waals surface area contributed by atoms with E-state index in [0.29, 0.717) is 11.3 Å². The second kappa shape index (κ2) is 9.23. The molecule has 1 fully saturated rings. The molecule has 0 unspecified atom stereocenters. The van der Waals surface area contributed by atoms with Gasteiger partial charge in [-0.2, -0.15) is 4.99 Å². The number of piperidine rings is 1. The second-order valence-corrected chi connectivity index (χ2v) is 8.52. The van der Waals surface area contributed by atoms with Crippen molar-refractivity contribution < 1.29 is 14.4 Å². The van der Waals surface area contributed by atoms with E-state index in [9.17, 15) is 14.4 Å². The van der Waals surface area contributed by atoms with Crippen LogP contribution in [0, 0.1) is 0 Å². The van der Waals surface area contributed by atoms with Crippen molar-refractivity contribution in [3.63, 3.8) is 0 Å². The van der Waals surface area contributed by atoms with Crippen LogP contribution in [0.15, 0.2) is 29.3 Å². The van der Waals surface area contributed by atoms with Crippen molar-refractivity contribution in [2.75, 3.05) is 18.4 Å². The highest BCUT2D eigenvalue weighted by Crippen LogP contribution is 2.29. The van der Waals surface area contributed by atoms with Crippen molar-refractivity contribution in [3.8, 4) is 0 Å². The van der Waals surface area contributed by atoms with Crippen LogP contribution in [0.2, 0.25) is 0 Å². The van der Waals surface area contributed by atoms with Gasteiger partial charge in [0.1, 0.15) is 5.25 Å². The van der Waals surface area contributed by atoms with Gasteiger partial charge in [0.25, 0.3) is 11.8 Å². The quantitative estimate of drug-likeness (QED) is 0.790. The molecule has 0 aromatic heterocycles. The smallest absolute Gasteiger partial charge is 0.262 e. The maximum absolute atomic E-state index is 12.4. The maximum Gasteiger partial charge on any atom is 0.262 e. The Labute approximate surface area is 169 Å². The number of hydrogen-bond acceptors (Lipinski definition) is 5. The highest BCUT2D eigenvalue weighted by atomic mass is 32.2. The second-order valence-electron chi connectivity index (χ2n) is 7.35. The summed E-state index contributed by atoms with van der Waals surface area (Å²) in [4.78, 5) is 43.0. The molecule has 3 amide bonds. The van der Waals surface area contributed by atoms with Gasteiger partial charge in [0.05, 0.1) is 0 Å². The van der Waals surface area contributed by atoms with E-state index in [4.69, 9.17) is 0 Å². The molecule has 1 aromatic carbocycles. The Morgan fingerprint density at radius 2 is 2.00 bits per heavy atom. The molecule has 8 heteroatoms. The summed E-state index contributed by atoms with van der Waals surface area (Å²) in [5, 5.41) is 5.87. The molecule has 1 saturated heterocycles. The van der Waals surface area contributed by atoms with E-state index in [-0.39, 0.29) is 30.2 Å². The van der Waals surface area contributed by atoms with Crippen LogP contribution in [0.4, 0.5) is 5.69 Å². The summed E-state index contributed by atoms with van der Waals surface area (Å²) in [6.07, 6.45) is 3.49. The van der Waals surface area contributed by atoms with Crippen LogP contribution in [0.1, 0.15) is 49.9 Å². The number of thioether (sulfide) groups is 1. The van der Waals surface area contributed by atoms with Crippen LogP contribution < -0.4 is 10.6 Å². The predicted octanol–water partition coefficient (Wildman–Crippen LogP) is 2.64. The number of anilines is 1. The third kappa shape index (κ3) is 5.34. The van der Waals surface area contributed by atoms with Gasteiger partial charge in [-0.1, -0.05) is 17.8 Å². The van der Waals surface area contributed by atoms with E-state index in [1.165, 1.54) is 18.2 Å². The van der Waals surface area contributed by atoms with Crippen molar-refractivity contribution in [3.05, 3.63) is 29.8 Å². The Morgan fingerprint density at radius 3 is 2.71 bits per heavy atom. The number of amides is 3. The largest absolute Gasteiger partial charge is 0.351 e. The van der Waals surface area contributed by atoms with Crippen molar-refractivity contribution in [1.82, 2.24) is 10.2 Å². The van der Waals surface area contributed by atoms with E-state index in [2.05, 4.69) is 20.5 Å². The van der Waals surface area contributed by atoms with Crippen molar-refractivity contribution in [1.29, 1.82) is 0 Å². The monoisotopic (exact) mass is 402 g/mol. The highest BCUT2D eigenvalue weighted by molar-refractivity contribution is 8.15. The molecule has 2 aliphatic heterocycles. The molecule has 0 saturated carbocycles. The first-order chi connectivity index (χ1) is 13.4. The van der Waals surface area contributed by atoms with Crippen molar-refractivity contribution >= 4 is 40.3 Å². The molecular formula is C20H26N4O3S. The first kappa shape index (κ1) is 20.4. The van der Waals surface area contributed by atoms with Crippen LogP contribution in [-0.4, -0.2) is 52.2 Å². The lowest BCUT2D eigenvalue weighted by atomic mass is 10.1. The average Bonchev–Trinajstić information content (AvgIpc) is 3.02. The number of carbonyl (C=O) groups excluding carboxylic acids is 3. The van der Waals surface area contributed by atoms with Crippen LogP contribution in [0.3, 0.4) is 0 Å². The zero-order valence-electron chi connectivity index (χ0n) is 16.2. The van der Waals surface area contributed by atoms with E-state index >= 15 is 0 Å². The fourth-order valence-electron chi connectivity index (χ4n) is 3.19. The lowest BCUT2D eigenvalue weighted by Crippen LogP contribution is -2.33. The standard InChI is InChI=1S/C20H26N4O3S/c1-13(2)21-18(26)14-7-6-8-15(11-14)22-17(25)12-16-19(27)23-20(28-16)24-9-4-3-5-10-24/h6-8,11,13,16H,3-5,9-10,12H2,1-2H3,(H,21,26)(H,22,25)/t16-/m0/s1. The van der Waals surface area contributed by atoms with Gasteiger partial charge < -0.3 is 15.5 Å². The van der Waals surface area contributed by atoms with E-state index in [1.807, 2.05) is 13.8 Å². The minimum Gasteiger partial charge on any atom is -0.351 e. The van der Waals surface area contributed by atoms with Gasteiger partial charge in [0.2, 0.25) is 5.91 Å². The molecule has 2 N–H and O–H groups in total. The molecule has 0 bridgehead atoms. The zero-order valence-corrected chi connectivity index (χ0v) is 17.1. The number of nitrogens with one attached hydrogen (secondary N) is 2. The fourth-order valence-corrected chi connectivity index (χ4v) is 4.31. The summed E-state index contributed by atoms with van der Waals surface area (Å²) in [6.45, 7) is 5.62. The van der Waals surface area contributed by atoms with Crippen molar-refractivity contribution in [2.24, 2.45) is 4.99 Å². The summed E-state index contributed by atoms with van der Waals surface area (Å²) in [5.41, 5.74) is 1.02.